The standard InChI is InChI=1S/C24H15ClN2O/c25-24-26-21(23-22(27-24)19-7-3-4-8-20(19)28-23)16-11-12-18-15(13-16)10-9-14-5-1-2-6-17(14)18/h1-13,24,26H. The average molecular weight is 383 g/mol. The first kappa shape index (κ1) is 15.7. The molecule has 1 unspecified atom stereocenters. The van der Waals surface area contributed by atoms with E-state index in [1.54, 1.807) is 0 Å². The maximum Gasteiger partial charge on any atom is 0.196 e. The lowest BCUT2D eigenvalue weighted by Gasteiger charge is -2.16. The second-order valence-electron chi connectivity index (χ2n) is 6.98. The number of hydrogen-bond acceptors (Lipinski definition) is 3. The average Bonchev–Trinajstić information content (AvgIpc) is 3.11. The number of fused-ring (bicyclic) bond motifs is 6. The first-order valence-corrected chi connectivity index (χ1v) is 9.64. The van der Waals surface area contributed by atoms with Crippen LogP contribution in [0.1, 0.15) is 5.56 Å². The van der Waals surface area contributed by atoms with E-state index < -0.39 is 5.62 Å². The van der Waals surface area contributed by atoms with Crippen LogP contribution in [0.15, 0.2) is 88.3 Å². The molecule has 0 bridgehead atoms. The molecule has 0 fully saturated rings. The minimum atomic E-state index is -0.532. The normalized spacial score (nSPS) is 16.2. The van der Waals surface area contributed by atoms with Gasteiger partial charge in [0.05, 0.1) is 5.70 Å². The molecule has 28 heavy (non-hydrogen) atoms. The monoisotopic (exact) mass is 382 g/mol. The number of alkyl halides is 1. The zero-order valence-corrected chi connectivity index (χ0v) is 15.6. The molecule has 0 saturated carbocycles. The highest BCUT2D eigenvalue weighted by molar-refractivity contribution is 6.20. The summed E-state index contributed by atoms with van der Waals surface area (Å²) in [6.45, 7) is 0. The molecule has 1 aliphatic heterocycles. The first-order chi connectivity index (χ1) is 13.8. The highest BCUT2D eigenvalue weighted by Gasteiger charge is 2.19. The minimum Gasteiger partial charge on any atom is -0.452 e. The molecule has 1 aromatic heterocycles. The van der Waals surface area contributed by atoms with Crippen molar-refractivity contribution in [1.82, 2.24) is 5.32 Å². The summed E-state index contributed by atoms with van der Waals surface area (Å²) in [4.78, 5) is 4.55. The van der Waals surface area contributed by atoms with Crippen LogP contribution in [0.5, 0.6) is 0 Å². The van der Waals surface area contributed by atoms with Gasteiger partial charge in [0.15, 0.2) is 11.0 Å². The van der Waals surface area contributed by atoms with Gasteiger partial charge in [-0.3, -0.25) is 0 Å². The van der Waals surface area contributed by atoms with Crippen LogP contribution < -0.4 is 16.1 Å². The summed E-state index contributed by atoms with van der Waals surface area (Å²) in [5.41, 5.74) is 2.92. The van der Waals surface area contributed by atoms with Crippen LogP contribution in [0.2, 0.25) is 0 Å². The fraction of sp³-hybridized carbons (Fsp3) is 0.0417. The second kappa shape index (κ2) is 5.85. The van der Waals surface area contributed by atoms with Gasteiger partial charge < -0.3 is 9.73 Å². The summed E-state index contributed by atoms with van der Waals surface area (Å²) in [6, 6.07) is 27.1. The van der Waals surface area contributed by atoms with Crippen molar-refractivity contribution in [3.05, 3.63) is 95.2 Å². The maximum absolute atomic E-state index is 6.40. The van der Waals surface area contributed by atoms with Gasteiger partial charge >= 0.3 is 0 Å². The Kier molecular flexibility index (Phi) is 3.28. The van der Waals surface area contributed by atoms with Crippen molar-refractivity contribution in [2.24, 2.45) is 4.99 Å². The lowest BCUT2D eigenvalue weighted by molar-refractivity contribution is 0.553. The molecule has 0 spiro atoms. The fourth-order valence-electron chi connectivity index (χ4n) is 4.04. The maximum atomic E-state index is 6.40. The number of nitrogens with zero attached hydrogens (tertiary/aromatic N) is 1. The van der Waals surface area contributed by atoms with E-state index in [4.69, 9.17) is 16.0 Å². The van der Waals surface area contributed by atoms with Crippen molar-refractivity contribution in [3.63, 3.8) is 0 Å². The van der Waals surface area contributed by atoms with E-state index in [1.165, 1.54) is 21.5 Å². The van der Waals surface area contributed by atoms with Crippen molar-refractivity contribution in [1.29, 1.82) is 0 Å². The zero-order chi connectivity index (χ0) is 18.7. The molecule has 4 heteroatoms. The summed E-state index contributed by atoms with van der Waals surface area (Å²) < 4.78 is 6.14. The van der Waals surface area contributed by atoms with E-state index in [0.29, 0.717) is 0 Å². The molecule has 3 nitrogen and oxygen atoms in total. The van der Waals surface area contributed by atoms with Crippen molar-refractivity contribution in [2.75, 3.05) is 0 Å². The number of furan rings is 1. The van der Waals surface area contributed by atoms with Gasteiger partial charge in [-0.05, 0) is 39.7 Å². The smallest absolute Gasteiger partial charge is 0.196 e. The lowest BCUT2D eigenvalue weighted by atomic mass is 9.99. The van der Waals surface area contributed by atoms with Crippen LogP contribution in [0, 0.1) is 0 Å². The van der Waals surface area contributed by atoms with Gasteiger partial charge in [0.2, 0.25) is 0 Å². The minimum absolute atomic E-state index is 0.532. The van der Waals surface area contributed by atoms with Gasteiger partial charge in [-0.1, -0.05) is 72.3 Å². The Morgan fingerprint density at radius 2 is 1.54 bits per heavy atom. The van der Waals surface area contributed by atoms with E-state index in [1.807, 2.05) is 24.3 Å². The van der Waals surface area contributed by atoms with E-state index in [0.717, 1.165) is 33.0 Å². The van der Waals surface area contributed by atoms with Crippen LogP contribution in [0.3, 0.4) is 0 Å². The summed E-state index contributed by atoms with van der Waals surface area (Å²) in [5.74, 6) is 0. The van der Waals surface area contributed by atoms with Crippen LogP contribution in [-0.2, 0) is 0 Å². The lowest BCUT2D eigenvalue weighted by Crippen LogP contribution is -2.39. The molecule has 6 rings (SSSR count). The largest absolute Gasteiger partial charge is 0.452 e. The summed E-state index contributed by atoms with van der Waals surface area (Å²) in [6.07, 6.45) is 0. The first-order valence-electron chi connectivity index (χ1n) is 9.20. The predicted octanol–water partition coefficient (Wildman–Crippen LogP) is 4.64. The van der Waals surface area contributed by atoms with Crippen molar-refractivity contribution >= 4 is 49.8 Å². The number of benzene rings is 4. The highest BCUT2D eigenvalue weighted by atomic mass is 35.5. The Morgan fingerprint density at radius 3 is 2.46 bits per heavy atom. The van der Waals surface area contributed by atoms with Crippen molar-refractivity contribution in [2.45, 2.75) is 5.62 Å². The highest BCUT2D eigenvalue weighted by Crippen LogP contribution is 2.27. The van der Waals surface area contributed by atoms with Gasteiger partial charge in [-0.2, -0.15) is 0 Å². The molecule has 134 valence electrons. The van der Waals surface area contributed by atoms with Crippen LogP contribution in [0.4, 0.5) is 0 Å². The van der Waals surface area contributed by atoms with E-state index >= 15 is 0 Å². The molecule has 2 heterocycles. The summed E-state index contributed by atoms with van der Waals surface area (Å²) in [7, 11) is 0. The van der Waals surface area contributed by atoms with Crippen LogP contribution >= 0.6 is 11.6 Å². The SMILES string of the molecule is ClC1N=c2c(oc3ccccc23)=C(c2ccc3c(ccc4ccccc43)c2)N1. The van der Waals surface area contributed by atoms with E-state index in [-0.39, 0.29) is 0 Å². The Bertz CT molecular complexity index is 1520. The molecule has 0 amide bonds. The van der Waals surface area contributed by atoms with Crippen molar-refractivity contribution < 1.29 is 4.42 Å². The predicted molar refractivity (Wildman–Crippen MR) is 114 cm³/mol. The third kappa shape index (κ3) is 2.26. The third-order valence-corrected chi connectivity index (χ3v) is 5.54. The van der Waals surface area contributed by atoms with Gasteiger partial charge in [0, 0.05) is 10.9 Å². The number of rotatable bonds is 1. The van der Waals surface area contributed by atoms with Crippen LogP contribution in [0.25, 0.3) is 38.2 Å². The van der Waals surface area contributed by atoms with Gasteiger partial charge in [0.1, 0.15) is 10.9 Å². The molecular formula is C24H15ClN2O. The molecule has 1 atom stereocenters. The molecule has 0 radical (unpaired) electrons. The van der Waals surface area contributed by atoms with Gasteiger partial charge in [-0.15, -0.1) is 0 Å². The summed E-state index contributed by atoms with van der Waals surface area (Å²) in [5, 5.41) is 9.97. The van der Waals surface area contributed by atoms with E-state index in [2.05, 4.69) is 64.9 Å². The quantitative estimate of drug-likeness (QED) is 0.260. The number of hydrogen-bond donors (Lipinski definition) is 1. The van der Waals surface area contributed by atoms with Gasteiger partial charge in [-0.25, -0.2) is 4.99 Å². The Hall–Kier alpha value is -3.30. The second-order valence-corrected chi connectivity index (χ2v) is 7.40. The summed E-state index contributed by atoms with van der Waals surface area (Å²) >= 11 is 6.40. The zero-order valence-electron chi connectivity index (χ0n) is 14.8. The van der Waals surface area contributed by atoms with Gasteiger partial charge in [0.25, 0.3) is 0 Å². The number of halogens is 1. The molecule has 0 saturated heterocycles. The molecular weight excluding hydrogens is 368 g/mol. The number of para-hydroxylation sites is 1. The molecule has 1 N–H and O–H groups in total. The Morgan fingerprint density at radius 1 is 0.786 bits per heavy atom. The molecule has 5 aromatic rings. The fourth-order valence-corrected chi connectivity index (χ4v) is 4.25. The third-order valence-electron chi connectivity index (χ3n) is 5.34. The van der Waals surface area contributed by atoms with Crippen LogP contribution in [-0.4, -0.2) is 5.62 Å². The molecule has 1 aliphatic rings. The molecule has 0 aliphatic carbocycles. The topological polar surface area (TPSA) is 37.5 Å². The Balaban J connectivity index is 1.66. The molecule has 4 aromatic carbocycles. The van der Waals surface area contributed by atoms with Crippen molar-refractivity contribution in [3.8, 4) is 0 Å². The number of nitrogens with one attached hydrogen (secondary N) is 1. The Labute approximate surface area is 165 Å². The van der Waals surface area contributed by atoms with E-state index in [9.17, 15) is 0 Å².